The van der Waals surface area contributed by atoms with Crippen molar-refractivity contribution in [3.8, 4) is 0 Å². The lowest BCUT2D eigenvalue weighted by atomic mass is 9.86. The maximum atomic E-state index is 6.11. The summed E-state index contributed by atoms with van der Waals surface area (Å²) in [6.07, 6.45) is 5.99. The average Bonchev–Trinajstić information content (AvgIpc) is 2.93. The SMILES string of the molecule is CC1CCC2(CC1)OCC(CN=C(N)Nc1ccccn1)O2. The van der Waals surface area contributed by atoms with Crippen molar-refractivity contribution in [2.24, 2.45) is 16.6 Å². The Morgan fingerprint density at radius 3 is 3.00 bits per heavy atom. The Labute approximate surface area is 131 Å². The first-order valence-electron chi connectivity index (χ1n) is 7.95. The van der Waals surface area contributed by atoms with Crippen molar-refractivity contribution in [2.45, 2.75) is 44.5 Å². The van der Waals surface area contributed by atoms with Crippen LogP contribution >= 0.6 is 0 Å². The van der Waals surface area contributed by atoms with Gasteiger partial charge in [-0.05, 0) is 30.9 Å². The van der Waals surface area contributed by atoms with Gasteiger partial charge in [0.15, 0.2) is 11.7 Å². The van der Waals surface area contributed by atoms with Crippen LogP contribution in [-0.2, 0) is 9.47 Å². The zero-order chi connectivity index (χ0) is 15.4. The third-order valence-corrected chi connectivity index (χ3v) is 4.34. The van der Waals surface area contributed by atoms with Gasteiger partial charge in [-0.2, -0.15) is 0 Å². The predicted octanol–water partition coefficient (Wildman–Crippen LogP) is 2.13. The normalized spacial score (nSPS) is 32.3. The van der Waals surface area contributed by atoms with E-state index in [1.165, 1.54) is 12.8 Å². The van der Waals surface area contributed by atoms with Crippen molar-refractivity contribution < 1.29 is 9.47 Å². The van der Waals surface area contributed by atoms with E-state index in [9.17, 15) is 0 Å². The van der Waals surface area contributed by atoms with E-state index in [4.69, 9.17) is 15.2 Å². The van der Waals surface area contributed by atoms with E-state index < -0.39 is 0 Å². The van der Waals surface area contributed by atoms with E-state index >= 15 is 0 Å². The molecule has 6 heteroatoms. The first kappa shape index (κ1) is 15.2. The highest BCUT2D eigenvalue weighted by Gasteiger charge is 2.43. The summed E-state index contributed by atoms with van der Waals surface area (Å²) in [5, 5.41) is 2.96. The molecule has 1 aliphatic heterocycles. The smallest absolute Gasteiger partial charge is 0.194 e. The molecule has 1 unspecified atom stereocenters. The molecular weight excluding hydrogens is 280 g/mol. The number of aromatic nitrogens is 1. The lowest BCUT2D eigenvalue weighted by Crippen LogP contribution is -2.35. The second-order valence-corrected chi connectivity index (χ2v) is 6.21. The molecule has 2 fully saturated rings. The van der Waals surface area contributed by atoms with Gasteiger partial charge < -0.3 is 20.5 Å². The van der Waals surface area contributed by atoms with Crippen LogP contribution in [0.4, 0.5) is 5.82 Å². The molecule has 1 saturated heterocycles. The summed E-state index contributed by atoms with van der Waals surface area (Å²) in [6, 6.07) is 5.59. The quantitative estimate of drug-likeness (QED) is 0.660. The van der Waals surface area contributed by atoms with Crippen molar-refractivity contribution >= 4 is 11.8 Å². The number of ether oxygens (including phenoxy) is 2. The van der Waals surface area contributed by atoms with E-state index in [2.05, 4.69) is 22.2 Å². The molecule has 1 aliphatic carbocycles. The van der Waals surface area contributed by atoms with Crippen LogP contribution in [0.15, 0.2) is 29.4 Å². The molecule has 3 rings (SSSR count). The first-order valence-corrected chi connectivity index (χ1v) is 7.95. The van der Waals surface area contributed by atoms with Crippen LogP contribution in [0.25, 0.3) is 0 Å². The molecule has 3 N–H and O–H groups in total. The zero-order valence-corrected chi connectivity index (χ0v) is 13.0. The van der Waals surface area contributed by atoms with Gasteiger partial charge in [-0.15, -0.1) is 0 Å². The molecule has 0 radical (unpaired) electrons. The van der Waals surface area contributed by atoms with Crippen molar-refractivity contribution in [1.29, 1.82) is 0 Å². The molecule has 22 heavy (non-hydrogen) atoms. The minimum Gasteiger partial charge on any atom is -0.370 e. The van der Waals surface area contributed by atoms with Gasteiger partial charge in [-0.1, -0.05) is 13.0 Å². The van der Waals surface area contributed by atoms with E-state index in [1.807, 2.05) is 18.2 Å². The number of hydrogen-bond acceptors (Lipinski definition) is 4. The summed E-state index contributed by atoms with van der Waals surface area (Å²) in [4.78, 5) is 8.48. The summed E-state index contributed by atoms with van der Waals surface area (Å²) < 4.78 is 12.0. The molecular formula is C16H24N4O2. The number of hydrogen-bond donors (Lipinski definition) is 2. The summed E-state index contributed by atoms with van der Waals surface area (Å²) in [6.45, 7) is 3.38. The van der Waals surface area contributed by atoms with Crippen LogP contribution in [0.3, 0.4) is 0 Å². The van der Waals surface area contributed by atoms with Crippen molar-refractivity contribution in [1.82, 2.24) is 4.98 Å². The van der Waals surface area contributed by atoms with Gasteiger partial charge in [0, 0.05) is 19.0 Å². The fourth-order valence-electron chi connectivity index (χ4n) is 2.98. The third kappa shape index (κ3) is 3.75. The van der Waals surface area contributed by atoms with E-state index in [0.29, 0.717) is 24.9 Å². The molecule has 0 bridgehead atoms. The molecule has 2 aliphatic rings. The number of aliphatic imine (C=N–C) groups is 1. The molecule has 0 aromatic carbocycles. The summed E-state index contributed by atoms with van der Waals surface area (Å²) in [5.74, 6) is 1.44. The summed E-state index contributed by atoms with van der Waals surface area (Å²) >= 11 is 0. The van der Waals surface area contributed by atoms with Crippen molar-refractivity contribution in [3.63, 3.8) is 0 Å². The van der Waals surface area contributed by atoms with Crippen LogP contribution < -0.4 is 11.1 Å². The van der Waals surface area contributed by atoms with Gasteiger partial charge in [0.05, 0.1) is 13.2 Å². The van der Waals surface area contributed by atoms with Gasteiger partial charge in [0.1, 0.15) is 11.9 Å². The molecule has 1 atom stereocenters. The Kier molecular flexibility index (Phi) is 4.59. The number of nitrogens with two attached hydrogens (primary N) is 1. The highest BCUT2D eigenvalue weighted by molar-refractivity contribution is 5.91. The second-order valence-electron chi connectivity index (χ2n) is 6.21. The number of rotatable bonds is 3. The Bertz CT molecular complexity index is 512. The molecule has 2 heterocycles. The molecule has 1 aromatic rings. The summed E-state index contributed by atoms with van der Waals surface area (Å²) in [5.41, 5.74) is 5.87. The van der Waals surface area contributed by atoms with E-state index in [-0.39, 0.29) is 11.9 Å². The Morgan fingerprint density at radius 1 is 1.45 bits per heavy atom. The third-order valence-electron chi connectivity index (χ3n) is 4.34. The Hall–Kier alpha value is -1.66. The highest BCUT2D eigenvalue weighted by atomic mass is 16.7. The maximum Gasteiger partial charge on any atom is 0.194 e. The second kappa shape index (κ2) is 6.62. The van der Waals surface area contributed by atoms with Crippen LogP contribution in [0.1, 0.15) is 32.6 Å². The number of guanidine groups is 1. The molecule has 1 spiro atoms. The largest absolute Gasteiger partial charge is 0.370 e. The fraction of sp³-hybridized carbons (Fsp3) is 0.625. The minimum atomic E-state index is -0.365. The minimum absolute atomic E-state index is 0.0162. The number of anilines is 1. The lowest BCUT2D eigenvalue weighted by molar-refractivity contribution is -0.190. The van der Waals surface area contributed by atoms with Crippen LogP contribution in [0.5, 0.6) is 0 Å². The molecule has 0 amide bonds. The molecule has 6 nitrogen and oxygen atoms in total. The van der Waals surface area contributed by atoms with Gasteiger partial charge in [0.25, 0.3) is 0 Å². The van der Waals surface area contributed by atoms with Crippen LogP contribution in [-0.4, -0.2) is 36.0 Å². The Balaban J connectivity index is 1.49. The Morgan fingerprint density at radius 2 is 2.27 bits per heavy atom. The molecule has 120 valence electrons. The monoisotopic (exact) mass is 304 g/mol. The van der Waals surface area contributed by atoms with Gasteiger partial charge >= 0.3 is 0 Å². The maximum absolute atomic E-state index is 6.11. The predicted molar refractivity (Wildman–Crippen MR) is 85.5 cm³/mol. The van der Waals surface area contributed by atoms with Gasteiger partial charge in [-0.25, -0.2) is 4.98 Å². The topological polar surface area (TPSA) is 81.8 Å². The summed E-state index contributed by atoms with van der Waals surface area (Å²) in [7, 11) is 0. The lowest BCUT2D eigenvalue weighted by Gasteiger charge is -2.34. The number of nitrogens with one attached hydrogen (secondary N) is 1. The highest BCUT2D eigenvalue weighted by Crippen LogP contribution is 2.39. The van der Waals surface area contributed by atoms with Crippen molar-refractivity contribution in [2.75, 3.05) is 18.5 Å². The first-order chi connectivity index (χ1) is 10.7. The zero-order valence-electron chi connectivity index (χ0n) is 13.0. The fourth-order valence-corrected chi connectivity index (χ4v) is 2.98. The van der Waals surface area contributed by atoms with E-state index in [1.54, 1.807) is 6.20 Å². The van der Waals surface area contributed by atoms with Crippen LogP contribution in [0, 0.1) is 5.92 Å². The number of pyridine rings is 1. The van der Waals surface area contributed by atoms with Crippen molar-refractivity contribution in [3.05, 3.63) is 24.4 Å². The van der Waals surface area contributed by atoms with Gasteiger partial charge in [-0.3, -0.25) is 4.99 Å². The molecule has 1 aromatic heterocycles. The average molecular weight is 304 g/mol. The van der Waals surface area contributed by atoms with Crippen LogP contribution in [0.2, 0.25) is 0 Å². The molecule has 1 saturated carbocycles. The number of nitrogens with zero attached hydrogens (tertiary/aromatic N) is 2. The van der Waals surface area contributed by atoms with Gasteiger partial charge in [0.2, 0.25) is 0 Å². The van der Waals surface area contributed by atoms with E-state index in [0.717, 1.165) is 18.8 Å². The standard InChI is InChI=1S/C16H24N4O2/c1-12-5-7-16(8-6-12)21-11-13(22-16)10-19-15(17)20-14-4-2-3-9-18-14/h2-4,9,12-13H,5-8,10-11H2,1H3,(H3,17,18,19,20).